The van der Waals surface area contributed by atoms with Gasteiger partial charge in [0, 0.05) is 42.3 Å². The number of amides is 2. The van der Waals surface area contributed by atoms with E-state index in [1.54, 1.807) is 29.2 Å². The highest BCUT2D eigenvalue weighted by Crippen LogP contribution is 2.37. The molecule has 6 heteroatoms. The average Bonchev–Trinajstić information content (AvgIpc) is 2.75. The van der Waals surface area contributed by atoms with Gasteiger partial charge in [-0.3, -0.25) is 0 Å². The highest BCUT2D eigenvalue weighted by Gasteiger charge is 2.48. The maximum Gasteiger partial charge on any atom is 0.321 e. The van der Waals surface area contributed by atoms with Crippen LogP contribution < -0.4 is 10.6 Å². The second-order valence-electron chi connectivity index (χ2n) is 7.85. The fraction of sp³-hybridized carbons (Fsp3) is 0.208. The molecule has 3 aromatic rings. The molecule has 3 saturated heterocycles. The second-order valence-corrected chi connectivity index (χ2v) is 7.85. The fourth-order valence-electron chi connectivity index (χ4n) is 4.51. The SMILES string of the molecule is O=C(Nc1cccc(F)c1)N1C[C@@H]2N[C@H](C1)C2c1ccc(-c2ccccc2F)cc1. The van der Waals surface area contributed by atoms with Crippen molar-refractivity contribution in [3.8, 4) is 11.1 Å². The first-order chi connectivity index (χ1) is 14.6. The first-order valence-electron chi connectivity index (χ1n) is 10.0. The Balaban J connectivity index is 1.25. The summed E-state index contributed by atoms with van der Waals surface area (Å²) in [5.41, 5.74) is 3.09. The van der Waals surface area contributed by atoms with E-state index in [2.05, 4.69) is 22.8 Å². The lowest BCUT2D eigenvalue weighted by Crippen LogP contribution is -2.72. The first-order valence-corrected chi connectivity index (χ1v) is 10.0. The number of anilines is 1. The molecule has 4 nitrogen and oxygen atoms in total. The normalized spacial score (nSPS) is 22.3. The van der Waals surface area contributed by atoms with Gasteiger partial charge in [0.1, 0.15) is 11.6 Å². The van der Waals surface area contributed by atoms with Crippen LogP contribution in [-0.4, -0.2) is 36.1 Å². The van der Waals surface area contributed by atoms with E-state index in [0.29, 0.717) is 30.3 Å². The lowest BCUT2D eigenvalue weighted by molar-refractivity contribution is 0.0759. The first kappa shape index (κ1) is 18.8. The quantitative estimate of drug-likeness (QED) is 0.669. The van der Waals surface area contributed by atoms with Crippen molar-refractivity contribution in [3.05, 3.63) is 90.0 Å². The summed E-state index contributed by atoms with van der Waals surface area (Å²) in [5.74, 6) is -0.292. The Morgan fingerprint density at radius 2 is 1.67 bits per heavy atom. The number of rotatable bonds is 3. The molecule has 3 fully saturated rings. The summed E-state index contributed by atoms with van der Waals surface area (Å²) in [6.45, 7) is 1.16. The highest BCUT2D eigenvalue weighted by atomic mass is 19.1. The number of benzene rings is 3. The van der Waals surface area contributed by atoms with E-state index in [1.165, 1.54) is 23.8 Å². The molecule has 0 saturated carbocycles. The van der Waals surface area contributed by atoms with Gasteiger partial charge in [0.15, 0.2) is 0 Å². The van der Waals surface area contributed by atoms with E-state index in [-0.39, 0.29) is 29.7 Å². The number of piperidine rings is 1. The Kier molecular flexibility index (Phi) is 4.71. The number of hydrogen-bond acceptors (Lipinski definition) is 2. The number of nitrogens with zero attached hydrogens (tertiary/aromatic N) is 1. The minimum Gasteiger partial charge on any atom is -0.321 e. The predicted molar refractivity (Wildman–Crippen MR) is 112 cm³/mol. The Hall–Kier alpha value is -3.25. The van der Waals surface area contributed by atoms with E-state index in [9.17, 15) is 13.6 Å². The molecule has 0 aromatic heterocycles. The Morgan fingerprint density at radius 3 is 2.37 bits per heavy atom. The molecule has 0 spiro atoms. The van der Waals surface area contributed by atoms with Gasteiger partial charge in [-0.1, -0.05) is 48.5 Å². The predicted octanol–water partition coefficient (Wildman–Crippen LogP) is 4.60. The summed E-state index contributed by atoms with van der Waals surface area (Å²) in [5, 5.41) is 6.26. The van der Waals surface area contributed by atoms with Crippen molar-refractivity contribution < 1.29 is 13.6 Å². The van der Waals surface area contributed by atoms with Gasteiger partial charge in [0.2, 0.25) is 0 Å². The molecule has 2 N–H and O–H groups in total. The molecule has 152 valence electrons. The van der Waals surface area contributed by atoms with Crippen molar-refractivity contribution in [1.29, 1.82) is 0 Å². The van der Waals surface area contributed by atoms with Gasteiger partial charge < -0.3 is 15.5 Å². The fourth-order valence-corrected chi connectivity index (χ4v) is 4.51. The maximum atomic E-state index is 14.0. The number of piperazine rings is 1. The maximum absolute atomic E-state index is 14.0. The third-order valence-corrected chi connectivity index (χ3v) is 5.97. The number of fused-ring (bicyclic) bond motifs is 2. The lowest BCUT2D eigenvalue weighted by Gasteiger charge is -2.54. The van der Waals surface area contributed by atoms with Crippen LogP contribution in [0.3, 0.4) is 0 Å². The van der Waals surface area contributed by atoms with Crippen molar-refractivity contribution in [2.75, 3.05) is 18.4 Å². The molecule has 3 aromatic carbocycles. The van der Waals surface area contributed by atoms with Gasteiger partial charge in [0.25, 0.3) is 0 Å². The largest absolute Gasteiger partial charge is 0.321 e. The minimum atomic E-state index is -0.380. The molecular formula is C24H21F2N3O. The zero-order chi connectivity index (χ0) is 20.7. The van der Waals surface area contributed by atoms with Crippen molar-refractivity contribution in [3.63, 3.8) is 0 Å². The van der Waals surface area contributed by atoms with Crippen LogP contribution in [-0.2, 0) is 0 Å². The van der Waals surface area contributed by atoms with Crippen LogP contribution >= 0.6 is 0 Å². The smallest absolute Gasteiger partial charge is 0.321 e. The minimum absolute atomic E-state index is 0.168. The third-order valence-electron chi connectivity index (χ3n) is 5.97. The molecule has 1 unspecified atom stereocenters. The number of halogens is 2. The summed E-state index contributed by atoms with van der Waals surface area (Å²) < 4.78 is 27.4. The van der Waals surface area contributed by atoms with Crippen LogP contribution in [0.25, 0.3) is 11.1 Å². The molecule has 2 amide bonds. The Morgan fingerprint density at radius 1 is 0.933 bits per heavy atom. The molecular weight excluding hydrogens is 384 g/mol. The molecule has 2 bridgehead atoms. The van der Waals surface area contributed by atoms with Crippen LogP contribution in [0.1, 0.15) is 11.5 Å². The molecule has 3 aliphatic rings. The summed E-state index contributed by atoms with van der Waals surface area (Å²) in [4.78, 5) is 14.3. The van der Waals surface area contributed by atoms with E-state index < -0.39 is 0 Å². The zero-order valence-corrected chi connectivity index (χ0v) is 16.2. The average molecular weight is 405 g/mol. The number of carbonyl (C=O) groups excluding carboxylic acids is 1. The molecule has 6 rings (SSSR count). The Bertz CT molecular complexity index is 1070. The van der Waals surface area contributed by atoms with Crippen LogP contribution in [0.5, 0.6) is 0 Å². The molecule has 3 heterocycles. The highest BCUT2D eigenvalue weighted by molar-refractivity contribution is 5.89. The number of urea groups is 1. The zero-order valence-electron chi connectivity index (χ0n) is 16.2. The van der Waals surface area contributed by atoms with Crippen LogP contribution in [0.2, 0.25) is 0 Å². The van der Waals surface area contributed by atoms with Gasteiger partial charge in [-0.15, -0.1) is 0 Å². The summed E-state index contributed by atoms with van der Waals surface area (Å²) in [6, 6.07) is 20.8. The van der Waals surface area contributed by atoms with E-state index in [0.717, 1.165) is 5.56 Å². The number of nitrogens with one attached hydrogen (secondary N) is 2. The number of hydrogen-bond donors (Lipinski definition) is 2. The van der Waals surface area contributed by atoms with Crippen molar-refractivity contribution >= 4 is 11.7 Å². The molecule has 30 heavy (non-hydrogen) atoms. The monoisotopic (exact) mass is 405 g/mol. The third kappa shape index (κ3) is 3.44. The van der Waals surface area contributed by atoms with Gasteiger partial charge in [-0.05, 0) is 35.4 Å². The molecule has 3 atom stereocenters. The van der Waals surface area contributed by atoms with E-state index in [1.807, 2.05) is 18.2 Å². The van der Waals surface area contributed by atoms with Crippen LogP contribution in [0.4, 0.5) is 19.3 Å². The summed E-state index contributed by atoms with van der Waals surface area (Å²) in [6.07, 6.45) is 0. The van der Waals surface area contributed by atoms with Crippen molar-refractivity contribution in [2.24, 2.45) is 0 Å². The second kappa shape index (κ2) is 7.54. The van der Waals surface area contributed by atoms with Gasteiger partial charge >= 0.3 is 6.03 Å². The summed E-state index contributed by atoms with van der Waals surface area (Å²) in [7, 11) is 0. The number of carbonyl (C=O) groups is 1. The van der Waals surface area contributed by atoms with Gasteiger partial charge in [-0.2, -0.15) is 0 Å². The molecule has 3 aliphatic heterocycles. The molecule has 0 radical (unpaired) electrons. The van der Waals surface area contributed by atoms with Crippen LogP contribution in [0, 0.1) is 11.6 Å². The van der Waals surface area contributed by atoms with Crippen molar-refractivity contribution in [1.82, 2.24) is 10.2 Å². The van der Waals surface area contributed by atoms with Gasteiger partial charge in [-0.25, -0.2) is 13.6 Å². The van der Waals surface area contributed by atoms with Gasteiger partial charge in [0.05, 0.1) is 0 Å². The lowest BCUT2D eigenvalue weighted by atomic mass is 9.74. The van der Waals surface area contributed by atoms with Crippen molar-refractivity contribution in [2.45, 2.75) is 18.0 Å². The Labute approximate surface area is 173 Å². The topological polar surface area (TPSA) is 44.4 Å². The van der Waals surface area contributed by atoms with Crippen LogP contribution in [0.15, 0.2) is 72.8 Å². The van der Waals surface area contributed by atoms with E-state index in [4.69, 9.17) is 0 Å². The standard InChI is InChI=1S/C24H21F2N3O/c25-17-4-3-5-18(12-17)27-24(30)29-13-21-23(22(14-29)28-21)16-10-8-15(9-11-16)19-6-1-2-7-20(19)26/h1-12,21-23,28H,13-14H2,(H,27,30)/t21-,22+,23?. The summed E-state index contributed by atoms with van der Waals surface area (Å²) >= 11 is 0. The van der Waals surface area contributed by atoms with E-state index >= 15 is 0 Å². The molecule has 0 aliphatic carbocycles.